The Hall–Kier alpha value is -1.32. The molecule has 1 fully saturated rings. The van der Waals surface area contributed by atoms with E-state index >= 15 is 0 Å². The Morgan fingerprint density at radius 1 is 1.16 bits per heavy atom. The molecule has 0 unspecified atom stereocenters. The van der Waals surface area contributed by atoms with Gasteiger partial charge in [0.1, 0.15) is 5.76 Å². The summed E-state index contributed by atoms with van der Waals surface area (Å²) in [4.78, 5) is 16.2. The zero-order chi connectivity index (χ0) is 17.4. The molecule has 0 aliphatic heterocycles. The Labute approximate surface area is 166 Å². The number of aryl methyl sites for hydroxylation is 2. The monoisotopic (exact) mass is 463 g/mol. The van der Waals surface area contributed by atoms with E-state index in [1.807, 2.05) is 6.92 Å². The maximum atomic E-state index is 11.6. The van der Waals surface area contributed by atoms with Gasteiger partial charge in [-0.3, -0.25) is 4.79 Å². The van der Waals surface area contributed by atoms with E-state index in [4.69, 9.17) is 4.52 Å². The Bertz CT molecular complexity index is 548. The van der Waals surface area contributed by atoms with Gasteiger partial charge in [-0.05, 0) is 26.2 Å². The molecule has 1 aliphatic carbocycles. The normalized spacial score (nSPS) is 14.0. The standard InChI is InChI=1S/C17H29N5O2.HI/c1-4-14-13(15(5-2)24-22-14)11-21-17(18-6-3)20-10-9-19-16(23)12-7-8-12;/h12H,4-11H2,1-3H3,(H,19,23)(H2,18,20,21);1H. The van der Waals surface area contributed by atoms with Crippen LogP contribution in [-0.2, 0) is 24.2 Å². The molecule has 1 aromatic rings. The lowest BCUT2D eigenvalue weighted by molar-refractivity contribution is -0.122. The molecule has 0 saturated heterocycles. The summed E-state index contributed by atoms with van der Waals surface area (Å²) in [6, 6.07) is 0. The molecule has 1 aliphatic rings. The number of halogens is 1. The molecule has 0 aromatic carbocycles. The lowest BCUT2D eigenvalue weighted by Gasteiger charge is -2.12. The minimum Gasteiger partial charge on any atom is -0.361 e. The van der Waals surface area contributed by atoms with Crippen molar-refractivity contribution < 1.29 is 9.32 Å². The van der Waals surface area contributed by atoms with Crippen LogP contribution >= 0.6 is 24.0 Å². The summed E-state index contributed by atoms with van der Waals surface area (Å²) < 4.78 is 5.37. The first kappa shape index (κ1) is 21.7. The lowest BCUT2D eigenvalue weighted by atomic mass is 10.1. The second-order valence-electron chi connectivity index (χ2n) is 5.93. The van der Waals surface area contributed by atoms with E-state index in [0.29, 0.717) is 19.6 Å². The van der Waals surface area contributed by atoms with Crippen LogP contribution in [-0.4, -0.2) is 36.7 Å². The number of aliphatic imine (C=N–C) groups is 1. The van der Waals surface area contributed by atoms with Crippen LogP contribution in [0.5, 0.6) is 0 Å². The summed E-state index contributed by atoms with van der Waals surface area (Å²) in [5, 5.41) is 13.5. The highest BCUT2D eigenvalue weighted by atomic mass is 127. The van der Waals surface area contributed by atoms with Crippen molar-refractivity contribution in [3.63, 3.8) is 0 Å². The first-order chi connectivity index (χ1) is 11.7. The molecule has 1 heterocycles. The van der Waals surface area contributed by atoms with E-state index < -0.39 is 0 Å². The average molecular weight is 463 g/mol. The number of aromatic nitrogens is 1. The summed E-state index contributed by atoms with van der Waals surface area (Å²) in [6.07, 6.45) is 3.71. The molecule has 3 N–H and O–H groups in total. The van der Waals surface area contributed by atoms with Gasteiger partial charge in [-0.1, -0.05) is 19.0 Å². The number of carbonyl (C=O) groups is 1. The second kappa shape index (κ2) is 11.3. The lowest BCUT2D eigenvalue weighted by Crippen LogP contribution is -2.41. The molecule has 8 heteroatoms. The van der Waals surface area contributed by atoms with Crippen LogP contribution in [0.25, 0.3) is 0 Å². The third-order valence-electron chi connectivity index (χ3n) is 4.01. The van der Waals surface area contributed by atoms with Crippen molar-refractivity contribution in [3.05, 3.63) is 17.0 Å². The molecule has 0 bridgehead atoms. The quantitative estimate of drug-likeness (QED) is 0.226. The average Bonchev–Trinajstić information content (AvgIpc) is 3.36. The number of nitrogens with zero attached hydrogens (tertiary/aromatic N) is 2. The van der Waals surface area contributed by atoms with E-state index in [1.54, 1.807) is 0 Å². The van der Waals surface area contributed by atoms with Crippen molar-refractivity contribution in [2.45, 2.75) is 53.0 Å². The SMILES string of the molecule is CCNC(=NCc1c(CC)noc1CC)NCCNC(=O)C1CC1.I. The largest absolute Gasteiger partial charge is 0.361 e. The minimum atomic E-state index is 0. The summed E-state index contributed by atoms with van der Waals surface area (Å²) in [6.45, 7) is 8.73. The van der Waals surface area contributed by atoms with Gasteiger partial charge in [0.15, 0.2) is 5.96 Å². The molecule has 25 heavy (non-hydrogen) atoms. The van der Waals surface area contributed by atoms with Gasteiger partial charge in [0.25, 0.3) is 0 Å². The van der Waals surface area contributed by atoms with Crippen molar-refractivity contribution in [3.8, 4) is 0 Å². The molecule has 0 spiro atoms. The van der Waals surface area contributed by atoms with Gasteiger partial charge in [0.2, 0.25) is 5.91 Å². The highest BCUT2D eigenvalue weighted by Gasteiger charge is 2.28. The van der Waals surface area contributed by atoms with Crippen molar-refractivity contribution in [2.75, 3.05) is 19.6 Å². The minimum absolute atomic E-state index is 0. The highest BCUT2D eigenvalue weighted by Crippen LogP contribution is 2.28. The maximum Gasteiger partial charge on any atom is 0.223 e. The zero-order valence-electron chi connectivity index (χ0n) is 15.4. The summed E-state index contributed by atoms with van der Waals surface area (Å²) in [5.41, 5.74) is 2.06. The fourth-order valence-corrected chi connectivity index (χ4v) is 2.47. The van der Waals surface area contributed by atoms with Crippen LogP contribution in [0.1, 0.15) is 50.6 Å². The Morgan fingerprint density at radius 3 is 2.48 bits per heavy atom. The van der Waals surface area contributed by atoms with E-state index in [0.717, 1.165) is 55.2 Å². The molecule has 142 valence electrons. The van der Waals surface area contributed by atoms with Gasteiger partial charge in [-0.25, -0.2) is 4.99 Å². The number of rotatable bonds is 9. The van der Waals surface area contributed by atoms with Crippen LogP contribution in [0.15, 0.2) is 9.52 Å². The first-order valence-corrected chi connectivity index (χ1v) is 8.95. The van der Waals surface area contributed by atoms with Gasteiger partial charge in [-0.15, -0.1) is 24.0 Å². The predicted molar refractivity (Wildman–Crippen MR) is 109 cm³/mol. The molecule has 0 radical (unpaired) electrons. The maximum absolute atomic E-state index is 11.6. The van der Waals surface area contributed by atoms with Crippen molar-refractivity contribution in [1.82, 2.24) is 21.1 Å². The first-order valence-electron chi connectivity index (χ1n) is 8.95. The number of hydrogen-bond donors (Lipinski definition) is 3. The second-order valence-corrected chi connectivity index (χ2v) is 5.93. The third-order valence-corrected chi connectivity index (χ3v) is 4.01. The zero-order valence-corrected chi connectivity index (χ0v) is 17.7. The van der Waals surface area contributed by atoms with E-state index in [-0.39, 0.29) is 35.8 Å². The third kappa shape index (κ3) is 6.83. The van der Waals surface area contributed by atoms with Crippen LogP contribution < -0.4 is 16.0 Å². The van der Waals surface area contributed by atoms with Crippen molar-refractivity contribution in [2.24, 2.45) is 10.9 Å². The molecule has 1 amide bonds. The van der Waals surface area contributed by atoms with Crippen LogP contribution in [0.3, 0.4) is 0 Å². The fourth-order valence-electron chi connectivity index (χ4n) is 2.47. The van der Waals surface area contributed by atoms with Gasteiger partial charge >= 0.3 is 0 Å². The van der Waals surface area contributed by atoms with Gasteiger partial charge in [0, 0.05) is 37.5 Å². The topological polar surface area (TPSA) is 91.6 Å². The molecule has 1 aromatic heterocycles. The van der Waals surface area contributed by atoms with E-state index in [2.05, 4.69) is 39.9 Å². The fraction of sp³-hybridized carbons (Fsp3) is 0.706. The highest BCUT2D eigenvalue weighted by molar-refractivity contribution is 14.0. The number of nitrogens with one attached hydrogen (secondary N) is 3. The Kier molecular flexibility index (Phi) is 9.84. The summed E-state index contributed by atoms with van der Waals surface area (Å²) >= 11 is 0. The van der Waals surface area contributed by atoms with E-state index in [1.165, 1.54) is 0 Å². The predicted octanol–water partition coefficient (Wildman–Crippen LogP) is 2.00. The molecule has 0 atom stereocenters. The van der Waals surface area contributed by atoms with Crippen molar-refractivity contribution >= 4 is 35.8 Å². The molecule has 7 nitrogen and oxygen atoms in total. The number of amides is 1. The van der Waals surface area contributed by atoms with Crippen LogP contribution in [0.4, 0.5) is 0 Å². The van der Waals surface area contributed by atoms with Gasteiger partial charge in [0.05, 0.1) is 12.2 Å². The van der Waals surface area contributed by atoms with Crippen LogP contribution in [0, 0.1) is 5.92 Å². The Balaban J connectivity index is 0.00000312. The van der Waals surface area contributed by atoms with Crippen LogP contribution in [0.2, 0.25) is 0 Å². The molecule has 1 saturated carbocycles. The number of hydrogen-bond acceptors (Lipinski definition) is 4. The molecule has 2 rings (SSSR count). The molecular formula is C17H30IN5O2. The smallest absolute Gasteiger partial charge is 0.223 e. The van der Waals surface area contributed by atoms with Crippen molar-refractivity contribution in [1.29, 1.82) is 0 Å². The van der Waals surface area contributed by atoms with Gasteiger partial charge < -0.3 is 20.5 Å². The summed E-state index contributed by atoms with van der Waals surface area (Å²) in [7, 11) is 0. The number of carbonyl (C=O) groups excluding carboxylic acids is 1. The van der Waals surface area contributed by atoms with E-state index in [9.17, 15) is 4.79 Å². The Morgan fingerprint density at radius 2 is 1.88 bits per heavy atom. The molecular weight excluding hydrogens is 433 g/mol. The summed E-state index contributed by atoms with van der Waals surface area (Å²) in [5.74, 6) is 2.07. The van der Waals surface area contributed by atoms with Gasteiger partial charge in [-0.2, -0.15) is 0 Å². The number of guanidine groups is 1.